The first-order valence-corrected chi connectivity index (χ1v) is 9.31. The average Bonchev–Trinajstić information content (AvgIpc) is 2.58. The van der Waals surface area contributed by atoms with Gasteiger partial charge < -0.3 is 0 Å². The average molecular weight is 314 g/mol. The van der Waals surface area contributed by atoms with Gasteiger partial charge in [0.25, 0.3) is 0 Å². The number of fused-ring (bicyclic) bond motifs is 3. The molecule has 0 aromatic heterocycles. The van der Waals surface area contributed by atoms with Crippen molar-refractivity contribution >= 4 is 23.1 Å². The van der Waals surface area contributed by atoms with Gasteiger partial charge in [0.1, 0.15) is 0 Å². The summed E-state index contributed by atoms with van der Waals surface area (Å²) in [6, 6.07) is 8.75. The maximum atomic E-state index is 4.68. The molecule has 3 aliphatic rings. The summed E-state index contributed by atoms with van der Waals surface area (Å²) in [5.41, 5.74) is 3.60. The van der Waals surface area contributed by atoms with Crippen LogP contribution in [0.5, 0.6) is 0 Å². The van der Waals surface area contributed by atoms with Gasteiger partial charge in [-0.3, -0.25) is 0 Å². The molecule has 3 fully saturated rings. The van der Waals surface area contributed by atoms with Crippen molar-refractivity contribution in [3.8, 4) is 0 Å². The molecule has 3 aliphatic carbocycles. The van der Waals surface area contributed by atoms with Gasteiger partial charge in [-0.1, -0.05) is 38.3 Å². The van der Waals surface area contributed by atoms with E-state index in [1.54, 1.807) is 0 Å². The Labute approximate surface area is 140 Å². The second-order valence-electron chi connectivity index (χ2n) is 7.49. The van der Waals surface area contributed by atoms with Gasteiger partial charge in [0.15, 0.2) is 0 Å². The molecule has 0 amide bonds. The summed E-state index contributed by atoms with van der Waals surface area (Å²) >= 11 is 4.68. The van der Waals surface area contributed by atoms with Crippen LogP contribution in [0.15, 0.2) is 29.3 Å². The van der Waals surface area contributed by atoms with E-state index in [0.717, 1.165) is 5.69 Å². The summed E-state index contributed by atoms with van der Waals surface area (Å²) < 4.78 is 0. The van der Waals surface area contributed by atoms with Crippen LogP contribution in [0.3, 0.4) is 0 Å². The second kappa shape index (κ2) is 6.64. The predicted octanol–water partition coefficient (Wildman–Crippen LogP) is 6.59. The molecule has 2 bridgehead atoms. The predicted molar refractivity (Wildman–Crippen MR) is 97.1 cm³/mol. The van der Waals surface area contributed by atoms with Crippen LogP contribution in [-0.4, -0.2) is 5.16 Å². The largest absolute Gasteiger partial charge is 0.195 e. The molecule has 1 nitrogen and oxygen atoms in total. The maximum absolute atomic E-state index is 4.68. The lowest BCUT2D eigenvalue weighted by Gasteiger charge is -2.54. The zero-order chi connectivity index (χ0) is 15.5. The van der Waals surface area contributed by atoms with Crippen LogP contribution in [0.4, 0.5) is 5.69 Å². The lowest BCUT2D eigenvalue weighted by atomic mass is 9.51. The van der Waals surface area contributed by atoms with E-state index in [2.05, 4.69) is 53.6 Å². The minimum Gasteiger partial charge on any atom is -0.195 e. The van der Waals surface area contributed by atoms with E-state index in [-0.39, 0.29) is 0 Å². The summed E-state index contributed by atoms with van der Waals surface area (Å²) in [5.74, 6) is 0. The van der Waals surface area contributed by atoms with Crippen LogP contribution in [-0.2, 0) is 5.41 Å². The molecule has 3 saturated carbocycles. The lowest BCUT2D eigenvalue weighted by molar-refractivity contribution is 0.0305. The summed E-state index contributed by atoms with van der Waals surface area (Å²) in [5, 5.41) is 2.45. The smallest absolute Gasteiger partial charge is 0.0739 e. The molecule has 0 aliphatic heterocycles. The number of aliphatic imine (C=N–C) groups is 1. The van der Waals surface area contributed by atoms with E-state index in [9.17, 15) is 0 Å². The molecule has 2 heteroatoms. The van der Waals surface area contributed by atoms with Crippen molar-refractivity contribution in [2.45, 2.75) is 76.5 Å². The Morgan fingerprint density at radius 2 is 1.64 bits per heavy atom. The fraction of sp³-hybridized carbons (Fsp3) is 0.650. The molecule has 4 rings (SSSR count). The quantitative estimate of drug-likeness (QED) is 0.328. The molecular weight excluding hydrogens is 286 g/mol. The standard InChI is InChI=1S/C20H27NS/c1-2-3-4-9-19-10-13-20(14-11-19,15-12-19)17-5-7-18(8-6-17)21-16-22/h5-8H,2-4,9-15H2,1H3. The van der Waals surface area contributed by atoms with E-state index in [1.165, 1.54) is 69.8 Å². The van der Waals surface area contributed by atoms with Crippen LogP contribution in [0, 0.1) is 5.41 Å². The molecule has 0 radical (unpaired) electrons. The highest BCUT2D eigenvalue weighted by Crippen LogP contribution is 2.59. The van der Waals surface area contributed by atoms with Crippen molar-refractivity contribution in [3.05, 3.63) is 29.8 Å². The zero-order valence-corrected chi connectivity index (χ0v) is 14.6. The SMILES string of the molecule is CCCCCC12CCC(c3ccc(N=C=S)cc3)(CC1)CC2. The zero-order valence-electron chi connectivity index (χ0n) is 13.7. The molecule has 1 aromatic rings. The molecule has 0 atom stereocenters. The van der Waals surface area contributed by atoms with Crippen molar-refractivity contribution in [2.75, 3.05) is 0 Å². The first-order chi connectivity index (χ1) is 10.7. The highest BCUT2D eigenvalue weighted by molar-refractivity contribution is 7.78. The normalized spacial score (nSPS) is 30.0. The molecule has 0 saturated heterocycles. The number of hydrogen-bond donors (Lipinski definition) is 0. The number of thiocarbonyl (C=S) groups is 1. The van der Waals surface area contributed by atoms with Crippen LogP contribution < -0.4 is 0 Å². The van der Waals surface area contributed by atoms with E-state index < -0.39 is 0 Å². The minimum absolute atomic E-state index is 0.451. The van der Waals surface area contributed by atoms with Gasteiger partial charge in [-0.05, 0) is 85.7 Å². The number of benzene rings is 1. The Kier molecular flexibility index (Phi) is 4.80. The second-order valence-corrected chi connectivity index (χ2v) is 7.67. The van der Waals surface area contributed by atoms with Gasteiger partial charge in [-0.2, -0.15) is 4.99 Å². The molecule has 118 valence electrons. The van der Waals surface area contributed by atoms with Crippen molar-refractivity contribution in [3.63, 3.8) is 0 Å². The number of unbranched alkanes of at least 4 members (excludes halogenated alkanes) is 2. The van der Waals surface area contributed by atoms with E-state index in [0.29, 0.717) is 10.8 Å². The van der Waals surface area contributed by atoms with Crippen LogP contribution >= 0.6 is 12.2 Å². The summed E-state index contributed by atoms with van der Waals surface area (Å²) in [6.45, 7) is 2.31. The van der Waals surface area contributed by atoms with Crippen molar-refractivity contribution < 1.29 is 0 Å². The summed E-state index contributed by atoms with van der Waals surface area (Å²) in [7, 11) is 0. The molecule has 0 unspecified atom stereocenters. The highest BCUT2D eigenvalue weighted by Gasteiger charge is 2.48. The summed E-state index contributed by atoms with van der Waals surface area (Å²) in [6.07, 6.45) is 14.1. The highest BCUT2D eigenvalue weighted by atomic mass is 32.1. The van der Waals surface area contributed by atoms with Gasteiger partial charge >= 0.3 is 0 Å². The molecule has 0 spiro atoms. The minimum atomic E-state index is 0.451. The number of isothiocyanates is 1. The first-order valence-electron chi connectivity index (χ1n) is 8.90. The molecule has 22 heavy (non-hydrogen) atoms. The first kappa shape index (κ1) is 15.9. The fourth-order valence-corrected chi connectivity index (χ4v) is 4.87. The lowest BCUT2D eigenvalue weighted by Crippen LogP contribution is -2.44. The Balaban J connectivity index is 1.69. The molecule has 0 N–H and O–H groups in total. The van der Waals surface area contributed by atoms with Crippen LogP contribution in [0.25, 0.3) is 0 Å². The van der Waals surface area contributed by atoms with Gasteiger partial charge in [0.2, 0.25) is 0 Å². The fourth-order valence-electron chi connectivity index (χ4n) is 4.76. The van der Waals surface area contributed by atoms with Crippen LogP contribution in [0.1, 0.15) is 76.7 Å². The Morgan fingerprint density at radius 1 is 1.00 bits per heavy atom. The van der Waals surface area contributed by atoms with Crippen molar-refractivity contribution in [2.24, 2.45) is 10.4 Å². The molecular formula is C20H27NS. The third-order valence-electron chi connectivity index (χ3n) is 6.37. The van der Waals surface area contributed by atoms with Gasteiger partial charge in [0, 0.05) is 0 Å². The van der Waals surface area contributed by atoms with E-state index in [4.69, 9.17) is 0 Å². The van der Waals surface area contributed by atoms with Gasteiger partial charge in [0.05, 0.1) is 10.8 Å². The third-order valence-corrected chi connectivity index (χ3v) is 6.46. The maximum Gasteiger partial charge on any atom is 0.0739 e. The monoisotopic (exact) mass is 313 g/mol. The van der Waals surface area contributed by atoms with Gasteiger partial charge in [-0.15, -0.1) is 0 Å². The van der Waals surface area contributed by atoms with Crippen molar-refractivity contribution in [1.82, 2.24) is 0 Å². The number of rotatable bonds is 6. The molecule has 0 heterocycles. The van der Waals surface area contributed by atoms with E-state index in [1.807, 2.05) is 0 Å². The van der Waals surface area contributed by atoms with Gasteiger partial charge in [-0.25, -0.2) is 0 Å². The summed E-state index contributed by atoms with van der Waals surface area (Å²) in [4.78, 5) is 4.07. The Hall–Kier alpha value is -0.980. The van der Waals surface area contributed by atoms with Crippen LogP contribution in [0.2, 0.25) is 0 Å². The molecule has 1 aromatic carbocycles. The van der Waals surface area contributed by atoms with E-state index >= 15 is 0 Å². The van der Waals surface area contributed by atoms with Crippen molar-refractivity contribution in [1.29, 1.82) is 0 Å². The number of hydrogen-bond acceptors (Lipinski definition) is 2. The Bertz CT molecular complexity index is 529. The Morgan fingerprint density at radius 3 is 2.18 bits per heavy atom. The third kappa shape index (κ3) is 3.05. The number of nitrogens with zero attached hydrogens (tertiary/aromatic N) is 1. The topological polar surface area (TPSA) is 12.4 Å².